The Hall–Kier alpha value is -1.71. The molecular weight excluding hydrogens is 284 g/mol. The molecule has 4 N–H and O–H groups in total. The molecular formula is C11H16N4O4S. The van der Waals surface area contributed by atoms with E-state index in [0.717, 1.165) is 18.9 Å². The lowest BCUT2D eigenvalue weighted by atomic mass is 10.2. The molecule has 0 heterocycles. The largest absolute Gasteiger partial charge is 0.318 e. The first-order valence-electron chi connectivity index (χ1n) is 5.98. The molecule has 1 saturated carbocycles. The number of nitro benzene ring substituents is 1. The molecule has 1 aliphatic carbocycles. The fourth-order valence-corrected chi connectivity index (χ4v) is 3.61. The van der Waals surface area contributed by atoms with Gasteiger partial charge in [-0.05, 0) is 38.3 Å². The highest BCUT2D eigenvalue weighted by molar-refractivity contribution is 7.89. The Kier molecular flexibility index (Phi) is 3.44. The molecule has 20 heavy (non-hydrogen) atoms. The van der Waals surface area contributed by atoms with Gasteiger partial charge in [-0.15, -0.1) is 0 Å². The number of sulfonamides is 1. The number of nitrogens with zero attached hydrogens (tertiary/aromatic N) is 1. The second kappa shape index (κ2) is 4.69. The van der Waals surface area contributed by atoms with Crippen LogP contribution in [0.4, 0.5) is 11.4 Å². The molecule has 1 aliphatic rings. The lowest BCUT2D eigenvalue weighted by Crippen LogP contribution is -2.34. The van der Waals surface area contributed by atoms with Crippen LogP contribution in [0.2, 0.25) is 0 Å². The van der Waals surface area contributed by atoms with Crippen LogP contribution in [-0.4, -0.2) is 18.9 Å². The number of nitrogens with one attached hydrogen (secondary N) is 2. The van der Waals surface area contributed by atoms with Crippen LogP contribution in [0.1, 0.15) is 25.3 Å². The fraction of sp³-hybridized carbons (Fsp3) is 0.455. The first-order valence-corrected chi connectivity index (χ1v) is 7.46. The molecule has 1 fully saturated rings. The van der Waals surface area contributed by atoms with Crippen LogP contribution in [0.5, 0.6) is 0 Å². The van der Waals surface area contributed by atoms with Crippen LogP contribution < -0.4 is 16.0 Å². The monoisotopic (exact) mass is 300 g/mol. The van der Waals surface area contributed by atoms with Gasteiger partial charge in [0.15, 0.2) is 0 Å². The van der Waals surface area contributed by atoms with Crippen molar-refractivity contribution in [3.05, 3.63) is 27.8 Å². The average Bonchev–Trinajstić information content (AvgIpc) is 3.04. The highest BCUT2D eigenvalue weighted by Crippen LogP contribution is 2.37. The number of aryl methyl sites for hydroxylation is 1. The molecule has 8 nitrogen and oxygen atoms in total. The van der Waals surface area contributed by atoms with Crippen molar-refractivity contribution < 1.29 is 13.3 Å². The summed E-state index contributed by atoms with van der Waals surface area (Å²) in [6.07, 6.45) is 1.52. The normalized spacial score (nSPS) is 16.8. The van der Waals surface area contributed by atoms with Gasteiger partial charge in [-0.3, -0.25) is 16.0 Å². The third-order valence-electron chi connectivity index (χ3n) is 3.32. The van der Waals surface area contributed by atoms with Crippen molar-refractivity contribution in [2.24, 2.45) is 5.84 Å². The van der Waals surface area contributed by atoms with Gasteiger partial charge in [-0.25, -0.2) is 13.1 Å². The zero-order valence-corrected chi connectivity index (χ0v) is 12.0. The summed E-state index contributed by atoms with van der Waals surface area (Å²) in [5.74, 6) is 5.21. The number of hydrogen-bond donors (Lipinski definition) is 3. The standard InChI is InChI=1S/C11H16N4O4S/c1-7-5-8(13-12)9(15(16)17)6-10(7)20(18,19)14-11(2)3-4-11/h5-6,13-14H,3-4,12H2,1-2H3. The van der Waals surface area contributed by atoms with Crippen molar-refractivity contribution in [1.29, 1.82) is 0 Å². The zero-order valence-electron chi connectivity index (χ0n) is 11.1. The molecule has 1 aromatic carbocycles. The van der Waals surface area contributed by atoms with Crippen molar-refractivity contribution in [1.82, 2.24) is 4.72 Å². The number of rotatable bonds is 5. The number of hydrazine groups is 1. The van der Waals surface area contributed by atoms with E-state index in [1.165, 1.54) is 6.07 Å². The minimum atomic E-state index is -3.79. The van der Waals surface area contributed by atoms with Crippen molar-refractivity contribution >= 4 is 21.4 Å². The zero-order chi connectivity index (χ0) is 15.1. The molecule has 110 valence electrons. The summed E-state index contributed by atoms with van der Waals surface area (Å²) >= 11 is 0. The minimum Gasteiger partial charge on any atom is -0.318 e. The second-order valence-electron chi connectivity index (χ2n) is 5.20. The van der Waals surface area contributed by atoms with E-state index >= 15 is 0 Å². The number of anilines is 1. The highest BCUT2D eigenvalue weighted by Gasteiger charge is 2.41. The summed E-state index contributed by atoms with van der Waals surface area (Å²) < 4.78 is 27.2. The Labute approximate surface area is 116 Å². The van der Waals surface area contributed by atoms with Crippen molar-refractivity contribution in [2.75, 3.05) is 5.43 Å². The maximum atomic E-state index is 12.3. The highest BCUT2D eigenvalue weighted by atomic mass is 32.2. The number of hydrogen-bond acceptors (Lipinski definition) is 6. The maximum Gasteiger partial charge on any atom is 0.295 e. The van der Waals surface area contributed by atoms with E-state index in [4.69, 9.17) is 5.84 Å². The Bertz CT molecular complexity index is 667. The number of nitrogens with two attached hydrogens (primary N) is 1. The van der Waals surface area contributed by atoms with Gasteiger partial charge in [-0.1, -0.05) is 0 Å². The molecule has 0 amide bonds. The van der Waals surface area contributed by atoms with Crippen molar-refractivity contribution in [3.8, 4) is 0 Å². The summed E-state index contributed by atoms with van der Waals surface area (Å²) in [7, 11) is -3.79. The Morgan fingerprint density at radius 2 is 2.00 bits per heavy atom. The van der Waals surface area contributed by atoms with E-state index in [2.05, 4.69) is 10.1 Å². The smallest absolute Gasteiger partial charge is 0.295 e. The van der Waals surface area contributed by atoms with Crippen LogP contribution in [0.15, 0.2) is 17.0 Å². The second-order valence-corrected chi connectivity index (χ2v) is 6.85. The molecule has 0 atom stereocenters. The lowest BCUT2D eigenvalue weighted by Gasteiger charge is -2.14. The van der Waals surface area contributed by atoms with E-state index in [1.54, 1.807) is 13.8 Å². The van der Waals surface area contributed by atoms with E-state index in [0.29, 0.717) is 5.56 Å². The minimum absolute atomic E-state index is 0.0732. The third-order valence-corrected chi connectivity index (χ3v) is 5.10. The first-order chi connectivity index (χ1) is 9.18. The molecule has 0 saturated heterocycles. The maximum absolute atomic E-state index is 12.3. The Morgan fingerprint density at radius 3 is 2.45 bits per heavy atom. The molecule has 1 aromatic rings. The summed E-state index contributed by atoms with van der Waals surface area (Å²) in [6, 6.07) is 2.38. The van der Waals surface area contributed by atoms with Gasteiger partial charge in [0, 0.05) is 11.6 Å². The number of nitrogen functional groups attached to an aromatic ring is 1. The van der Waals surface area contributed by atoms with Gasteiger partial charge < -0.3 is 5.43 Å². The van der Waals surface area contributed by atoms with Crippen LogP contribution >= 0.6 is 0 Å². The van der Waals surface area contributed by atoms with Gasteiger partial charge in [0.2, 0.25) is 10.0 Å². The van der Waals surface area contributed by atoms with Crippen molar-refractivity contribution in [3.63, 3.8) is 0 Å². The topological polar surface area (TPSA) is 127 Å². The number of benzene rings is 1. The van der Waals surface area contributed by atoms with E-state index in [9.17, 15) is 18.5 Å². The molecule has 0 radical (unpaired) electrons. The van der Waals surface area contributed by atoms with Crippen LogP contribution in [0.3, 0.4) is 0 Å². The average molecular weight is 300 g/mol. The van der Waals surface area contributed by atoms with Gasteiger partial charge in [-0.2, -0.15) is 0 Å². The molecule has 0 aromatic heterocycles. The van der Waals surface area contributed by atoms with Gasteiger partial charge in [0.25, 0.3) is 5.69 Å². The van der Waals surface area contributed by atoms with Gasteiger partial charge in [0.05, 0.1) is 9.82 Å². The quantitative estimate of drug-likeness (QED) is 0.423. The van der Waals surface area contributed by atoms with Gasteiger partial charge in [0.1, 0.15) is 5.69 Å². The SMILES string of the molecule is Cc1cc(NN)c([N+](=O)[O-])cc1S(=O)(=O)NC1(C)CC1. The lowest BCUT2D eigenvalue weighted by molar-refractivity contribution is -0.384. The molecule has 0 bridgehead atoms. The van der Waals surface area contributed by atoms with E-state index < -0.39 is 20.5 Å². The molecule has 0 spiro atoms. The fourth-order valence-electron chi connectivity index (χ4n) is 1.90. The Morgan fingerprint density at radius 1 is 1.40 bits per heavy atom. The molecule has 9 heteroatoms. The Balaban J connectivity index is 2.51. The third kappa shape index (κ3) is 2.74. The number of nitro groups is 1. The summed E-state index contributed by atoms with van der Waals surface area (Å²) in [4.78, 5) is 10.2. The van der Waals surface area contributed by atoms with E-state index in [1.807, 2.05) is 0 Å². The van der Waals surface area contributed by atoms with Crippen LogP contribution in [-0.2, 0) is 10.0 Å². The van der Waals surface area contributed by atoms with Crippen LogP contribution in [0, 0.1) is 17.0 Å². The van der Waals surface area contributed by atoms with Crippen LogP contribution in [0.25, 0.3) is 0 Å². The van der Waals surface area contributed by atoms with Gasteiger partial charge >= 0.3 is 0 Å². The molecule has 0 unspecified atom stereocenters. The molecule has 2 rings (SSSR count). The summed E-state index contributed by atoms with van der Waals surface area (Å²) in [5.41, 5.74) is 1.85. The predicted molar refractivity (Wildman–Crippen MR) is 73.6 cm³/mol. The predicted octanol–water partition coefficient (Wildman–Crippen LogP) is 1.02. The molecule has 0 aliphatic heterocycles. The van der Waals surface area contributed by atoms with Crippen molar-refractivity contribution in [2.45, 2.75) is 37.1 Å². The first kappa shape index (κ1) is 14.7. The summed E-state index contributed by atoms with van der Waals surface area (Å²) in [6.45, 7) is 3.36. The van der Waals surface area contributed by atoms with E-state index in [-0.39, 0.29) is 16.3 Å². The summed E-state index contributed by atoms with van der Waals surface area (Å²) in [5, 5.41) is 11.0.